The first-order valence-electron chi connectivity index (χ1n) is 7.82. The molecule has 0 spiro atoms. The van der Waals surface area contributed by atoms with Gasteiger partial charge in [-0.05, 0) is 37.5 Å². The lowest BCUT2D eigenvalue weighted by Crippen LogP contribution is -2.32. The SMILES string of the molecule is CCCC(=O)C(Cc1ccccc1)S(=O)(=O)c1ccc(C)cc1. The third-order valence-electron chi connectivity index (χ3n) is 3.84. The summed E-state index contributed by atoms with van der Waals surface area (Å²) in [6.45, 7) is 3.79. The lowest BCUT2D eigenvalue weighted by atomic mass is 10.0. The number of aryl methyl sites for hydroxylation is 1. The van der Waals surface area contributed by atoms with Crippen molar-refractivity contribution in [2.24, 2.45) is 0 Å². The molecule has 0 heterocycles. The van der Waals surface area contributed by atoms with E-state index in [2.05, 4.69) is 0 Å². The second kappa shape index (κ2) is 7.55. The van der Waals surface area contributed by atoms with E-state index in [4.69, 9.17) is 0 Å². The third-order valence-corrected chi connectivity index (χ3v) is 5.95. The van der Waals surface area contributed by atoms with E-state index in [1.807, 2.05) is 44.2 Å². The van der Waals surface area contributed by atoms with E-state index >= 15 is 0 Å². The van der Waals surface area contributed by atoms with Crippen LogP contribution in [0.25, 0.3) is 0 Å². The van der Waals surface area contributed by atoms with Crippen LogP contribution in [0.15, 0.2) is 59.5 Å². The zero-order valence-electron chi connectivity index (χ0n) is 13.5. The second-order valence-corrected chi connectivity index (χ2v) is 7.88. The Kier molecular flexibility index (Phi) is 5.72. The number of carbonyl (C=O) groups is 1. The molecule has 0 saturated heterocycles. The molecule has 1 unspecified atom stereocenters. The Bertz CT molecular complexity index is 747. The molecule has 0 bridgehead atoms. The van der Waals surface area contributed by atoms with Gasteiger partial charge in [-0.1, -0.05) is 55.0 Å². The van der Waals surface area contributed by atoms with E-state index in [-0.39, 0.29) is 23.5 Å². The minimum absolute atomic E-state index is 0.211. The topological polar surface area (TPSA) is 51.2 Å². The number of ketones is 1. The molecule has 0 amide bonds. The van der Waals surface area contributed by atoms with Crippen molar-refractivity contribution in [3.63, 3.8) is 0 Å². The van der Waals surface area contributed by atoms with Crippen LogP contribution in [0.4, 0.5) is 0 Å². The summed E-state index contributed by atoms with van der Waals surface area (Å²) in [5.41, 5.74) is 1.85. The van der Waals surface area contributed by atoms with Crippen molar-refractivity contribution < 1.29 is 13.2 Å². The molecule has 0 radical (unpaired) electrons. The lowest BCUT2D eigenvalue weighted by Gasteiger charge is -2.17. The monoisotopic (exact) mass is 330 g/mol. The number of hydrogen-bond acceptors (Lipinski definition) is 3. The fourth-order valence-electron chi connectivity index (χ4n) is 2.52. The maximum Gasteiger partial charge on any atom is 0.188 e. The van der Waals surface area contributed by atoms with Gasteiger partial charge in [0.05, 0.1) is 4.90 Å². The summed E-state index contributed by atoms with van der Waals surface area (Å²) in [5, 5.41) is -1.02. The van der Waals surface area contributed by atoms with E-state index in [0.717, 1.165) is 11.1 Å². The number of carbonyl (C=O) groups excluding carboxylic acids is 1. The molecule has 0 fully saturated rings. The standard InChI is InChI=1S/C19H22O3S/c1-3-7-18(20)19(14-16-8-5-4-6-9-16)23(21,22)17-12-10-15(2)11-13-17/h4-6,8-13,19H,3,7,14H2,1-2H3. The van der Waals surface area contributed by atoms with E-state index in [0.29, 0.717) is 6.42 Å². The molecular formula is C19H22O3S. The predicted molar refractivity (Wildman–Crippen MR) is 92.2 cm³/mol. The van der Waals surface area contributed by atoms with Crippen molar-refractivity contribution in [2.45, 2.75) is 43.3 Å². The van der Waals surface area contributed by atoms with Crippen LogP contribution in [-0.2, 0) is 21.1 Å². The summed E-state index contributed by atoms with van der Waals surface area (Å²) in [4.78, 5) is 12.7. The Balaban J connectivity index is 2.39. The Morgan fingerprint density at radius 3 is 2.17 bits per heavy atom. The maximum atomic E-state index is 12.9. The molecule has 122 valence electrons. The molecule has 4 heteroatoms. The number of rotatable bonds is 7. The van der Waals surface area contributed by atoms with E-state index in [9.17, 15) is 13.2 Å². The average molecular weight is 330 g/mol. The number of benzene rings is 2. The zero-order chi connectivity index (χ0) is 16.9. The fourth-order valence-corrected chi connectivity index (χ4v) is 4.24. The minimum atomic E-state index is -3.69. The van der Waals surface area contributed by atoms with Crippen LogP contribution >= 0.6 is 0 Å². The van der Waals surface area contributed by atoms with Gasteiger partial charge in [0.1, 0.15) is 5.25 Å². The van der Waals surface area contributed by atoms with E-state index < -0.39 is 15.1 Å². The number of Topliss-reactive ketones (excluding diaryl/α,β-unsaturated/α-hetero) is 1. The van der Waals surface area contributed by atoms with Gasteiger partial charge in [0.2, 0.25) is 0 Å². The highest BCUT2D eigenvalue weighted by molar-refractivity contribution is 7.92. The zero-order valence-corrected chi connectivity index (χ0v) is 14.3. The Hall–Kier alpha value is -1.94. The van der Waals surface area contributed by atoms with Gasteiger partial charge >= 0.3 is 0 Å². The van der Waals surface area contributed by atoms with Crippen molar-refractivity contribution >= 4 is 15.6 Å². The molecule has 0 aliphatic rings. The van der Waals surface area contributed by atoms with Gasteiger partial charge in [-0.2, -0.15) is 0 Å². The summed E-state index contributed by atoms with van der Waals surface area (Å²) in [6, 6.07) is 16.0. The molecule has 2 rings (SSSR count). The van der Waals surface area contributed by atoms with Crippen molar-refractivity contribution in [3.8, 4) is 0 Å². The molecule has 0 aliphatic heterocycles. The smallest absolute Gasteiger partial charge is 0.188 e. The predicted octanol–water partition coefficient (Wildman–Crippen LogP) is 3.75. The van der Waals surface area contributed by atoms with Crippen LogP contribution in [-0.4, -0.2) is 19.5 Å². The summed E-state index contributed by atoms with van der Waals surface area (Å²) >= 11 is 0. The van der Waals surface area contributed by atoms with Crippen molar-refractivity contribution in [2.75, 3.05) is 0 Å². The van der Waals surface area contributed by atoms with Crippen LogP contribution in [0.2, 0.25) is 0 Å². The molecule has 0 aromatic heterocycles. The van der Waals surface area contributed by atoms with Crippen molar-refractivity contribution in [1.82, 2.24) is 0 Å². The maximum absolute atomic E-state index is 12.9. The van der Waals surface area contributed by atoms with Crippen LogP contribution < -0.4 is 0 Å². The first kappa shape index (κ1) is 17.4. The molecule has 2 aromatic rings. The minimum Gasteiger partial charge on any atom is -0.298 e. The van der Waals surface area contributed by atoms with Gasteiger partial charge in [0, 0.05) is 6.42 Å². The first-order valence-corrected chi connectivity index (χ1v) is 9.37. The van der Waals surface area contributed by atoms with Gasteiger partial charge in [0.15, 0.2) is 15.6 Å². The average Bonchev–Trinajstić information content (AvgIpc) is 2.54. The summed E-state index contributed by atoms with van der Waals surface area (Å²) in [5.74, 6) is -0.211. The highest BCUT2D eigenvalue weighted by Crippen LogP contribution is 2.22. The molecular weight excluding hydrogens is 308 g/mol. The van der Waals surface area contributed by atoms with Crippen molar-refractivity contribution in [3.05, 3.63) is 65.7 Å². The molecule has 3 nitrogen and oxygen atoms in total. The van der Waals surface area contributed by atoms with Crippen molar-refractivity contribution in [1.29, 1.82) is 0 Å². The lowest BCUT2D eigenvalue weighted by molar-refractivity contribution is -0.118. The molecule has 0 saturated carbocycles. The molecule has 23 heavy (non-hydrogen) atoms. The Labute approximate surface area is 138 Å². The van der Waals surface area contributed by atoms with E-state index in [1.54, 1.807) is 24.3 Å². The largest absolute Gasteiger partial charge is 0.298 e. The number of sulfone groups is 1. The molecule has 2 aromatic carbocycles. The van der Waals surface area contributed by atoms with Gasteiger partial charge < -0.3 is 0 Å². The quantitative estimate of drug-likeness (QED) is 0.777. The van der Waals surface area contributed by atoms with Gasteiger partial charge in [-0.15, -0.1) is 0 Å². The fraction of sp³-hybridized carbons (Fsp3) is 0.316. The Morgan fingerprint density at radius 2 is 1.61 bits per heavy atom. The Morgan fingerprint density at radius 1 is 1.00 bits per heavy atom. The normalized spacial score (nSPS) is 12.8. The summed E-state index contributed by atoms with van der Waals surface area (Å²) in [7, 11) is -3.69. The summed E-state index contributed by atoms with van der Waals surface area (Å²) < 4.78 is 25.9. The number of hydrogen-bond donors (Lipinski definition) is 0. The van der Waals surface area contributed by atoms with Crippen LogP contribution in [0, 0.1) is 6.92 Å². The highest BCUT2D eigenvalue weighted by Gasteiger charge is 2.33. The molecule has 0 aliphatic carbocycles. The van der Waals surface area contributed by atoms with Gasteiger partial charge in [-0.3, -0.25) is 4.79 Å². The van der Waals surface area contributed by atoms with Crippen LogP contribution in [0.5, 0.6) is 0 Å². The highest BCUT2D eigenvalue weighted by atomic mass is 32.2. The second-order valence-electron chi connectivity index (χ2n) is 5.75. The third kappa shape index (κ3) is 4.29. The molecule has 1 atom stereocenters. The first-order chi connectivity index (χ1) is 10.9. The summed E-state index contributed by atoms with van der Waals surface area (Å²) in [6.07, 6.45) is 1.14. The van der Waals surface area contributed by atoms with Gasteiger partial charge in [0.25, 0.3) is 0 Å². The van der Waals surface area contributed by atoms with Gasteiger partial charge in [-0.25, -0.2) is 8.42 Å². The molecule has 0 N–H and O–H groups in total. The van der Waals surface area contributed by atoms with E-state index in [1.165, 1.54) is 0 Å². The van der Waals surface area contributed by atoms with Crippen LogP contribution in [0.3, 0.4) is 0 Å². The van der Waals surface area contributed by atoms with Crippen LogP contribution in [0.1, 0.15) is 30.9 Å².